The molecule has 2 aromatic rings. The zero-order valence-corrected chi connectivity index (χ0v) is 12.6. The zero-order chi connectivity index (χ0) is 16.1. The lowest BCUT2D eigenvalue weighted by Crippen LogP contribution is -2.31. The summed E-state index contributed by atoms with van der Waals surface area (Å²) >= 11 is 0. The van der Waals surface area contributed by atoms with Crippen molar-refractivity contribution in [2.45, 2.75) is 33.1 Å². The van der Waals surface area contributed by atoms with E-state index < -0.39 is 6.10 Å². The van der Waals surface area contributed by atoms with Gasteiger partial charge in [0.15, 0.2) is 0 Å². The molecule has 0 radical (unpaired) electrons. The van der Waals surface area contributed by atoms with Gasteiger partial charge in [-0.15, -0.1) is 0 Å². The summed E-state index contributed by atoms with van der Waals surface area (Å²) in [5.41, 5.74) is 1.48. The first-order chi connectivity index (χ1) is 10.5. The molecule has 1 aromatic carbocycles. The van der Waals surface area contributed by atoms with Gasteiger partial charge in [-0.2, -0.15) is 0 Å². The summed E-state index contributed by atoms with van der Waals surface area (Å²) in [7, 11) is 0. The minimum absolute atomic E-state index is 0.00764. The summed E-state index contributed by atoms with van der Waals surface area (Å²) in [6.45, 7) is 3.62. The van der Waals surface area contributed by atoms with Crippen LogP contribution in [0.4, 0.5) is 4.39 Å². The number of ether oxygens (including phenoxy) is 1. The predicted molar refractivity (Wildman–Crippen MR) is 80.0 cm³/mol. The van der Waals surface area contributed by atoms with Crippen molar-refractivity contribution >= 4 is 0 Å². The lowest BCUT2D eigenvalue weighted by Gasteiger charge is -2.14. The molecule has 0 aliphatic carbocycles. The molecule has 0 spiro atoms. The van der Waals surface area contributed by atoms with Crippen molar-refractivity contribution in [3.8, 4) is 0 Å². The molecule has 5 nitrogen and oxygen atoms in total. The maximum atomic E-state index is 13.4. The van der Waals surface area contributed by atoms with Gasteiger partial charge in [-0.05, 0) is 19.9 Å². The second-order valence-corrected chi connectivity index (χ2v) is 5.17. The van der Waals surface area contributed by atoms with Crippen LogP contribution in [0.3, 0.4) is 0 Å². The Labute approximate surface area is 128 Å². The van der Waals surface area contributed by atoms with Gasteiger partial charge in [-0.3, -0.25) is 9.36 Å². The molecule has 1 N–H and O–H groups in total. The molecule has 0 fully saturated rings. The molecular weight excluding hydrogens is 287 g/mol. The number of aliphatic hydroxyl groups excluding tert-OH is 1. The van der Waals surface area contributed by atoms with Gasteiger partial charge in [-0.1, -0.05) is 18.2 Å². The van der Waals surface area contributed by atoms with Crippen LogP contribution in [0.2, 0.25) is 0 Å². The smallest absolute Gasteiger partial charge is 0.256 e. The number of halogens is 1. The Hall–Kier alpha value is -2.05. The average molecular weight is 306 g/mol. The summed E-state index contributed by atoms with van der Waals surface area (Å²) in [6, 6.07) is 6.31. The SMILES string of the molecule is Cc1ncn(C[C@@H](O)COCc2ccccc2F)c(=O)c1C. The van der Waals surface area contributed by atoms with Crippen LogP contribution < -0.4 is 5.56 Å². The van der Waals surface area contributed by atoms with Crippen LogP contribution >= 0.6 is 0 Å². The highest BCUT2D eigenvalue weighted by atomic mass is 19.1. The molecule has 22 heavy (non-hydrogen) atoms. The van der Waals surface area contributed by atoms with Crippen LogP contribution in [0.15, 0.2) is 35.4 Å². The quantitative estimate of drug-likeness (QED) is 0.880. The van der Waals surface area contributed by atoms with E-state index in [0.29, 0.717) is 16.8 Å². The van der Waals surface area contributed by atoms with Crippen molar-refractivity contribution in [3.63, 3.8) is 0 Å². The Kier molecular flexibility index (Phi) is 5.41. The number of aryl methyl sites for hydroxylation is 1. The van der Waals surface area contributed by atoms with Gasteiger partial charge in [0.1, 0.15) is 5.82 Å². The maximum absolute atomic E-state index is 13.4. The van der Waals surface area contributed by atoms with Crippen molar-refractivity contribution in [2.75, 3.05) is 6.61 Å². The monoisotopic (exact) mass is 306 g/mol. The van der Waals surface area contributed by atoms with Crippen LogP contribution in [0.1, 0.15) is 16.8 Å². The number of hydrogen-bond donors (Lipinski definition) is 1. The molecular formula is C16H19FN2O3. The highest BCUT2D eigenvalue weighted by Gasteiger charge is 2.10. The topological polar surface area (TPSA) is 64.3 Å². The number of benzene rings is 1. The van der Waals surface area contributed by atoms with Crippen LogP contribution in [-0.2, 0) is 17.9 Å². The van der Waals surface area contributed by atoms with Gasteiger partial charge in [-0.25, -0.2) is 9.37 Å². The fraction of sp³-hybridized carbons (Fsp3) is 0.375. The van der Waals surface area contributed by atoms with Crippen LogP contribution in [0.5, 0.6) is 0 Å². The van der Waals surface area contributed by atoms with E-state index in [9.17, 15) is 14.3 Å². The summed E-state index contributed by atoms with van der Waals surface area (Å²) < 4.78 is 20.0. The van der Waals surface area contributed by atoms with Crippen molar-refractivity contribution in [3.05, 3.63) is 63.6 Å². The summed E-state index contributed by atoms with van der Waals surface area (Å²) in [4.78, 5) is 16.1. The third-order valence-corrected chi connectivity index (χ3v) is 3.45. The molecule has 0 saturated carbocycles. The fourth-order valence-corrected chi connectivity index (χ4v) is 2.01. The van der Waals surface area contributed by atoms with Crippen molar-refractivity contribution < 1.29 is 14.2 Å². The minimum atomic E-state index is -0.867. The van der Waals surface area contributed by atoms with Crippen LogP contribution in [0.25, 0.3) is 0 Å². The first kappa shape index (κ1) is 16.3. The number of aromatic nitrogens is 2. The van der Waals surface area contributed by atoms with Gasteiger partial charge in [0, 0.05) is 16.8 Å². The van der Waals surface area contributed by atoms with E-state index in [-0.39, 0.29) is 31.1 Å². The molecule has 1 atom stereocenters. The number of hydrogen-bond acceptors (Lipinski definition) is 4. The Balaban J connectivity index is 1.89. The maximum Gasteiger partial charge on any atom is 0.256 e. The molecule has 2 rings (SSSR count). The molecule has 0 aliphatic heterocycles. The number of nitrogens with zero attached hydrogens (tertiary/aromatic N) is 2. The van der Waals surface area contributed by atoms with E-state index in [4.69, 9.17) is 4.74 Å². The van der Waals surface area contributed by atoms with Crippen LogP contribution in [-0.4, -0.2) is 27.4 Å². The average Bonchev–Trinajstić information content (AvgIpc) is 2.50. The van der Waals surface area contributed by atoms with E-state index in [2.05, 4.69) is 4.98 Å². The molecule has 0 bridgehead atoms. The largest absolute Gasteiger partial charge is 0.389 e. The fourth-order valence-electron chi connectivity index (χ4n) is 2.01. The third kappa shape index (κ3) is 3.99. The van der Waals surface area contributed by atoms with Gasteiger partial charge in [0.25, 0.3) is 5.56 Å². The van der Waals surface area contributed by atoms with E-state index >= 15 is 0 Å². The molecule has 118 valence electrons. The first-order valence-corrected chi connectivity index (χ1v) is 7.01. The molecule has 0 aliphatic rings. The highest BCUT2D eigenvalue weighted by molar-refractivity contribution is 5.16. The minimum Gasteiger partial charge on any atom is -0.389 e. The lowest BCUT2D eigenvalue weighted by atomic mass is 10.2. The summed E-state index contributed by atoms with van der Waals surface area (Å²) in [5.74, 6) is -0.341. The van der Waals surface area contributed by atoms with Gasteiger partial charge in [0.2, 0.25) is 0 Å². The standard InChI is InChI=1S/C16H19FN2O3/c1-11-12(2)18-10-19(16(11)21)7-14(20)9-22-8-13-5-3-4-6-15(13)17/h3-6,10,14,20H,7-9H2,1-2H3/t14-/m1/s1. The predicted octanol–water partition coefficient (Wildman–Crippen LogP) is 1.58. The van der Waals surface area contributed by atoms with Gasteiger partial charge >= 0.3 is 0 Å². The lowest BCUT2D eigenvalue weighted by molar-refractivity contribution is 0.0188. The Bertz CT molecular complexity index is 700. The number of aliphatic hydroxyl groups is 1. The Morgan fingerprint density at radius 2 is 2.09 bits per heavy atom. The molecule has 0 amide bonds. The van der Waals surface area contributed by atoms with Crippen molar-refractivity contribution in [2.24, 2.45) is 0 Å². The van der Waals surface area contributed by atoms with Gasteiger partial charge in [0.05, 0.1) is 32.2 Å². The molecule has 1 aromatic heterocycles. The number of rotatable bonds is 6. The molecule has 6 heteroatoms. The molecule has 0 saturated heterocycles. The van der Waals surface area contributed by atoms with E-state index in [1.54, 1.807) is 32.0 Å². The van der Waals surface area contributed by atoms with Crippen LogP contribution in [0, 0.1) is 19.7 Å². The summed E-state index contributed by atoms with van der Waals surface area (Å²) in [5, 5.41) is 9.93. The van der Waals surface area contributed by atoms with E-state index in [1.807, 2.05) is 0 Å². The van der Waals surface area contributed by atoms with Gasteiger partial charge < -0.3 is 9.84 Å². The van der Waals surface area contributed by atoms with Crippen molar-refractivity contribution in [1.29, 1.82) is 0 Å². The first-order valence-electron chi connectivity index (χ1n) is 7.01. The summed E-state index contributed by atoms with van der Waals surface area (Å²) in [6.07, 6.45) is 0.540. The second kappa shape index (κ2) is 7.29. The molecule has 1 heterocycles. The zero-order valence-electron chi connectivity index (χ0n) is 12.6. The van der Waals surface area contributed by atoms with E-state index in [1.165, 1.54) is 17.0 Å². The highest BCUT2D eigenvalue weighted by Crippen LogP contribution is 2.08. The second-order valence-electron chi connectivity index (χ2n) is 5.17. The Morgan fingerprint density at radius 3 is 2.82 bits per heavy atom. The Morgan fingerprint density at radius 1 is 1.36 bits per heavy atom. The molecule has 0 unspecified atom stereocenters. The third-order valence-electron chi connectivity index (χ3n) is 3.45. The van der Waals surface area contributed by atoms with E-state index in [0.717, 1.165) is 0 Å². The normalized spacial score (nSPS) is 12.4. The van der Waals surface area contributed by atoms with Crippen molar-refractivity contribution in [1.82, 2.24) is 9.55 Å².